The van der Waals surface area contributed by atoms with E-state index in [-0.39, 0.29) is 42.6 Å². The van der Waals surface area contributed by atoms with E-state index >= 15 is 0 Å². The topological polar surface area (TPSA) is 79.0 Å². The van der Waals surface area contributed by atoms with Crippen molar-refractivity contribution in [2.45, 2.75) is 38.0 Å². The molecular formula is C22H25N3O4S. The Morgan fingerprint density at radius 3 is 2.53 bits per heavy atom. The Bertz CT molecular complexity index is 894. The van der Waals surface area contributed by atoms with Crippen LogP contribution in [0.1, 0.15) is 41.1 Å². The van der Waals surface area contributed by atoms with Crippen molar-refractivity contribution in [3.63, 3.8) is 0 Å². The Labute approximate surface area is 179 Å². The molecule has 30 heavy (non-hydrogen) atoms. The van der Waals surface area contributed by atoms with E-state index in [1.807, 2.05) is 47.5 Å². The minimum atomic E-state index is -0.288. The van der Waals surface area contributed by atoms with E-state index in [1.165, 1.54) is 11.3 Å². The van der Waals surface area contributed by atoms with Crippen molar-refractivity contribution in [2.75, 3.05) is 19.6 Å². The number of hydrogen-bond donors (Lipinski definition) is 1. The summed E-state index contributed by atoms with van der Waals surface area (Å²) in [4.78, 5) is 41.2. The summed E-state index contributed by atoms with van der Waals surface area (Å²) in [7, 11) is 0. The molecule has 2 atom stereocenters. The molecule has 2 aliphatic heterocycles. The van der Waals surface area contributed by atoms with Crippen LogP contribution in [0.25, 0.3) is 0 Å². The van der Waals surface area contributed by atoms with Crippen molar-refractivity contribution < 1.29 is 19.1 Å². The Morgan fingerprint density at radius 2 is 1.87 bits per heavy atom. The largest absolute Gasteiger partial charge is 0.439 e. The van der Waals surface area contributed by atoms with Crippen LogP contribution in [-0.2, 0) is 9.53 Å². The molecule has 2 aliphatic rings. The lowest BCUT2D eigenvalue weighted by Gasteiger charge is -2.37. The van der Waals surface area contributed by atoms with Gasteiger partial charge in [-0.2, -0.15) is 0 Å². The standard InChI is InChI=1S/C22H25N3O4S/c1-15-20(16-6-3-2-4-7-16)29-22(28)25(15)17-9-11-24(12-10-17)19(26)14-23-21(27)18-8-5-13-30-18/h2-8,13,15,17,20H,9-12,14H2,1H3,(H,23,27)/t15-,20-/m1/s1. The Hall–Kier alpha value is -2.87. The lowest BCUT2D eigenvalue weighted by atomic mass is 9.98. The zero-order chi connectivity index (χ0) is 21.1. The number of piperidine rings is 1. The van der Waals surface area contributed by atoms with Gasteiger partial charge in [-0.3, -0.25) is 14.5 Å². The number of cyclic esters (lactones) is 1. The minimum Gasteiger partial charge on any atom is -0.439 e. The van der Waals surface area contributed by atoms with Gasteiger partial charge < -0.3 is 15.0 Å². The first-order valence-electron chi connectivity index (χ1n) is 10.2. The molecule has 1 aromatic carbocycles. The fourth-order valence-electron chi connectivity index (χ4n) is 4.21. The van der Waals surface area contributed by atoms with Crippen LogP contribution in [0.15, 0.2) is 47.8 Å². The number of likely N-dealkylation sites (tertiary alicyclic amines) is 1. The number of carbonyl (C=O) groups excluding carboxylic acids is 3. The molecule has 0 unspecified atom stereocenters. The molecule has 3 heterocycles. The van der Waals surface area contributed by atoms with Crippen molar-refractivity contribution in [1.29, 1.82) is 0 Å². The van der Waals surface area contributed by atoms with Gasteiger partial charge >= 0.3 is 6.09 Å². The van der Waals surface area contributed by atoms with Crippen LogP contribution in [0.5, 0.6) is 0 Å². The third-order valence-electron chi connectivity index (χ3n) is 5.80. The number of nitrogens with one attached hydrogen (secondary N) is 1. The highest BCUT2D eigenvalue weighted by Gasteiger charge is 2.44. The minimum absolute atomic E-state index is 0.0142. The van der Waals surface area contributed by atoms with Crippen LogP contribution in [0.3, 0.4) is 0 Å². The molecule has 3 amide bonds. The Balaban J connectivity index is 1.29. The van der Waals surface area contributed by atoms with Crippen molar-refractivity contribution in [3.8, 4) is 0 Å². The highest BCUT2D eigenvalue weighted by atomic mass is 32.1. The van der Waals surface area contributed by atoms with Gasteiger partial charge in [0.2, 0.25) is 5.91 Å². The maximum absolute atomic E-state index is 12.5. The number of hydrogen-bond acceptors (Lipinski definition) is 5. The summed E-state index contributed by atoms with van der Waals surface area (Å²) >= 11 is 1.35. The number of rotatable bonds is 5. The van der Waals surface area contributed by atoms with Gasteiger partial charge in [0.05, 0.1) is 17.5 Å². The molecule has 1 N–H and O–H groups in total. The van der Waals surface area contributed by atoms with Crippen molar-refractivity contribution in [1.82, 2.24) is 15.1 Å². The first-order valence-corrected chi connectivity index (χ1v) is 11.1. The summed E-state index contributed by atoms with van der Waals surface area (Å²) in [6, 6.07) is 13.3. The van der Waals surface area contributed by atoms with Gasteiger partial charge in [-0.25, -0.2) is 4.79 Å². The molecule has 0 aliphatic carbocycles. The molecule has 7 nitrogen and oxygen atoms in total. The van der Waals surface area contributed by atoms with E-state index in [2.05, 4.69) is 5.32 Å². The van der Waals surface area contributed by atoms with Crippen molar-refractivity contribution >= 4 is 29.2 Å². The molecule has 0 spiro atoms. The maximum Gasteiger partial charge on any atom is 0.411 e. The van der Waals surface area contributed by atoms with E-state index in [9.17, 15) is 14.4 Å². The van der Waals surface area contributed by atoms with E-state index in [1.54, 1.807) is 17.0 Å². The molecule has 4 rings (SSSR count). The van der Waals surface area contributed by atoms with E-state index in [0.29, 0.717) is 30.8 Å². The summed E-state index contributed by atoms with van der Waals surface area (Å²) < 4.78 is 5.66. The number of ether oxygens (including phenoxy) is 1. The van der Waals surface area contributed by atoms with Crippen molar-refractivity contribution in [3.05, 3.63) is 58.3 Å². The Morgan fingerprint density at radius 1 is 1.13 bits per heavy atom. The molecule has 2 saturated heterocycles. The second kappa shape index (κ2) is 8.87. The first kappa shape index (κ1) is 20.4. The average molecular weight is 428 g/mol. The molecule has 0 radical (unpaired) electrons. The molecule has 158 valence electrons. The molecule has 1 aromatic heterocycles. The first-order chi connectivity index (χ1) is 14.5. The number of carbonyl (C=O) groups is 3. The summed E-state index contributed by atoms with van der Waals surface area (Å²) in [5.41, 5.74) is 0.995. The number of benzene rings is 1. The zero-order valence-corrected chi connectivity index (χ0v) is 17.6. The third-order valence-corrected chi connectivity index (χ3v) is 6.67. The normalized spacial score (nSPS) is 22.1. The van der Waals surface area contributed by atoms with Crippen molar-refractivity contribution in [2.24, 2.45) is 0 Å². The Kier molecular flexibility index (Phi) is 6.03. The van der Waals surface area contributed by atoms with Crippen LogP contribution in [0.2, 0.25) is 0 Å². The number of thiophene rings is 1. The fourth-order valence-corrected chi connectivity index (χ4v) is 4.85. The van der Waals surface area contributed by atoms with Crippen LogP contribution in [0, 0.1) is 0 Å². The van der Waals surface area contributed by atoms with Gasteiger partial charge in [0, 0.05) is 19.1 Å². The molecule has 2 aromatic rings. The monoisotopic (exact) mass is 427 g/mol. The van der Waals surface area contributed by atoms with E-state index in [4.69, 9.17) is 4.74 Å². The average Bonchev–Trinajstić information content (AvgIpc) is 3.41. The van der Waals surface area contributed by atoms with Crippen LogP contribution in [-0.4, -0.2) is 59.4 Å². The maximum atomic E-state index is 12.5. The lowest BCUT2D eigenvalue weighted by Crippen LogP contribution is -2.50. The summed E-state index contributed by atoms with van der Waals surface area (Å²) in [5, 5.41) is 4.51. The van der Waals surface area contributed by atoms with Gasteiger partial charge in [0.25, 0.3) is 5.91 Å². The zero-order valence-electron chi connectivity index (χ0n) is 16.8. The van der Waals surface area contributed by atoms with Gasteiger partial charge in [-0.15, -0.1) is 11.3 Å². The second-order valence-electron chi connectivity index (χ2n) is 7.63. The second-order valence-corrected chi connectivity index (χ2v) is 8.58. The van der Waals surface area contributed by atoms with Gasteiger partial charge in [0.15, 0.2) is 0 Å². The van der Waals surface area contributed by atoms with Gasteiger partial charge in [-0.05, 0) is 36.8 Å². The van der Waals surface area contributed by atoms with E-state index < -0.39 is 0 Å². The summed E-state index contributed by atoms with van der Waals surface area (Å²) in [6.07, 6.45) is 0.840. The molecule has 8 heteroatoms. The highest BCUT2D eigenvalue weighted by Crippen LogP contribution is 2.35. The molecule has 0 bridgehead atoms. The smallest absolute Gasteiger partial charge is 0.411 e. The number of amides is 3. The number of nitrogens with zero attached hydrogens (tertiary/aromatic N) is 2. The SMILES string of the molecule is C[C@@H]1[C@H](c2ccccc2)OC(=O)N1C1CCN(C(=O)CNC(=O)c2cccs2)CC1. The molecule has 0 saturated carbocycles. The summed E-state index contributed by atoms with van der Waals surface area (Å²) in [5.74, 6) is -0.327. The summed E-state index contributed by atoms with van der Waals surface area (Å²) in [6.45, 7) is 3.12. The van der Waals surface area contributed by atoms with Crippen LogP contribution >= 0.6 is 11.3 Å². The van der Waals surface area contributed by atoms with E-state index in [0.717, 1.165) is 5.56 Å². The predicted octanol–water partition coefficient (Wildman–Crippen LogP) is 3.05. The molecular weight excluding hydrogens is 402 g/mol. The van der Waals surface area contributed by atoms with Gasteiger partial charge in [0.1, 0.15) is 6.10 Å². The lowest BCUT2D eigenvalue weighted by molar-refractivity contribution is -0.131. The van der Waals surface area contributed by atoms with Gasteiger partial charge in [-0.1, -0.05) is 36.4 Å². The van der Waals surface area contributed by atoms with Crippen LogP contribution in [0.4, 0.5) is 4.79 Å². The fraction of sp³-hybridized carbons (Fsp3) is 0.409. The quantitative estimate of drug-likeness (QED) is 0.796. The van der Waals surface area contributed by atoms with Crippen LogP contribution < -0.4 is 5.32 Å². The molecule has 2 fully saturated rings. The predicted molar refractivity (Wildman–Crippen MR) is 113 cm³/mol. The third kappa shape index (κ3) is 4.18. The highest BCUT2D eigenvalue weighted by molar-refractivity contribution is 7.12.